The van der Waals surface area contributed by atoms with E-state index in [2.05, 4.69) is 15.6 Å². The number of pyridine rings is 1. The Morgan fingerprint density at radius 1 is 1.00 bits per heavy atom. The van der Waals surface area contributed by atoms with E-state index < -0.39 is 0 Å². The molecule has 5 heteroatoms. The van der Waals surface area contributed by atoms with E-state index in [9.17, 15) is 4.79 Å². The second-order valence-corrected chi connectivity index (χ2v) is 6.25. The molecule has 0 spiro atoms. The summed E-state index contributed by atoms with van der Waals surface area (Å²) in [4.78, 5) is 16.4. The Balaban J connectivity index is 1.53. The maximum Gasteiger partial charge on any atom is 0.253 e. The highest BCUT2D eigenvalue weighted by Crippen LogP contribution is 2.31. The number of amides is 1. The number of benzene rings is 2. The summed E-state index contributed by atoms with van der Waals surface area (Å²) in [7, 11) is 0. The number of hydrogen-bond donors (Lipinski definition) is 2. The molecular weight excluding hydrogens is 326 g/mol. The Morgan fingerprint density at radius 2 is 1.77 bits per heavy atom. The van der Waals surface area contributed by atoms with Gasteiger partial charge < -0.3 is 15.4 Å². The Kier molecular flexibility index (Phi) is 4.51. The van der Waals surface area contributed by atoms with Crippen LogP contribution >= 0.6 is 0 Å². The van der Waals surface area contributed by atoms with Gasteiger partial charge >= 0.3 is 0 Å². The first-order valence-electron chi connectivity index (χ1n) is 8.63. The maximum absolute atomic E-state index is 12.2. The molecule has 1 amide bonds. The second-order valence-electron chi connectivity index (χ2n) is 6.25. The van der Waals surface area contributed by atoms with Crippen LogP contribution in [0.25, 0.3) is 0 Å². The Hall–Kier alpha value is -3.34. The lowest BCUT2D eigenvalue weighted by atomic mass is 10.2. The summed E-state index contributed by atoms with van der Waals surface area (Å²) in [5, 5.41) is 6.26. The predicted molar refractivity (Wildman–Crippen MR) is 101 cm³/mol. The monoisotopic (exact) mass is 345 g/mol. The molecule has 26 heavy (non-hydrogen) atoms. The first-order chi connectivity index (χ1) is 12.8. The van der Waals surface area contributed by atoms with Gasteiger partial charge in [-0.3, -0.25) is 9.78 Å². The Morgan fingerprint density at radius 3 is 2.58 bits per heavy atom. The van der Waals surface area contributed by atoms with Crippen molar-refractivity contribution in [3.8, 4) is 11.5 Å². The van der Waals surface area contributed by atoms with Crippen LogP contribution in [0.5, 0.6) is 11.5 Å². The van der Waals surface area contributed by atoms with Gasteiger partial charge in [0.05, 0.1) is 23.1 Å². The van der Waals surface area contributed by atoms with Gasteiger partial charge in [-0.05, 0) is 43.2 Å². The molecule has 2 aromatic carbocycles. The van der Waals surface area contributed by atoms with Crippen molar-refractivity contribution in [1.29, 1.82) is 0 Å². The van der Waals surface area contributed by atoms with Gasteiger partial charge in [-0.25, -0.2) is 0 Å². The molecular formula is C21H19N3O2. The summed E-state index contributed by atoms with van der Waals surface area (Å²) in [6.45, 7) is 0. The standard InChI is InChI=1S/C21H19N3O2/c25-21(24-16-10-11-16)15-12-17(14-22-13-15)23-19-8-4-5-9-20(19)26-18-6-2-1-3-7-18/h1-9,12-14,16,23H,10-11H2,(H,24,25). The quantitative estimate of drug-likeness (QED) is 0.690. The fraction of sp³-hybridized carbons (Fsp3) is 0.143. The van der Waals surface area contributed by atoms with Crippen LogP contribution in [-0.4, -0.2) is 16.9 Å². The normalized spacial score (nSPS) is 13.1. The van der Waals surface area contributed by atoms with Gasteiger partial charge in [0.15, 0.2) is 5.75 Å². The van der Waals surface area contributed by atoms with Crippen LogP contribution in [0, 0.1) is 0 Å². The maximum atomic E-state index is 12.2. The zero-order valence-electron chi connectivity index (χ0n) is 14.2. The van der Waals surface area contributed by atoms with Gasteiger partial charge in [0, 0.05) is 12.2 Å². The molecule has 1 heterocycles. The molecule has 1 aliphatic carbocycles. The molecule has 130 valence electrons. The minimum Gasteiger partial charge on any atom is -0.455 e. The molecule has 0 atom stereocenters. The fourth-order valence-electron chi connectivity index (χ4n) is 2.56. The number of aromatic nitrogens is 1. The molecule has 0 saturated heterocycles. The van der Waals surface area contributed by atoms with Crippen LogP contribution in [0.15, 0.2) is 73.1 Å². The van der Waals surface area contributed by atoms with Crippen molar-refractivity contribution in [2.75, 3.05) is 5.32 Å². The average molecular weight is 345 g/mol. The van der Waals surface area contributed by atoms with E-state index in [0.29, 0.717) is 17.4 Å². The molecule has 2 N–H and O–H groups in total. The van der Waals surface area contributed by atoms with Crippen LogP contribution in [0.2, 0.25) is 0 Å². The third-order valence-electron chi connectivity index (χ3n) is 4.05. The van der Waals surface area contributed by atoms with Gasteiger partial charge in [0.1, 0.15) is 5.75 Å². The fourth-order valence-corrected chi connectivity index (χ4v) is 2.56. The number of para-hydroxylation sites is 3. The SMILES string of the molecule is O=C(NC1CC1)c1cncc(Nc2ccccc2Oc2ccccc2)c1. The van der Waals surface area contributed by atoms with Crippen molar-refractivity contribution in [3.05, 3.63) is 78.6 Å². The second kappa shape index (κ2) is 7.27. The number of nitrogens with one attached hydrogen (secondary N) is 2. The first kappa shape index (κ1) is 16.1. The lowest BCUT2D eigenvalue weighted by Gasteiger charge is -2.13. The van der Waals surface area contributed by atoms with Crippen LogP contribution in [0.1, 0.15) is 23.2 Å². The van der Waals surface area contributed by atoms with Gasteiger partial charge in [-0.2, -0.15) is 0 Å². The summed E-state index contributed by atoms with van der Waals surface area (Å²) in [5.41, 5.74) is 2.08. The Bertz CT molecular complexity index is 908. The van der Waals surface area contributed by atoms with Gasteiger partial charge in [0.25, 0.3) is 5.91 Å². The highest BCUT2D eigenvalue weighted by Gasteiger charge is 2.24. The van der Waals surface area contributed by atoms with Gasteiger partial charge in [-0.1, -0.05) is 30.3 Å². The number of carbonyl (C=O) groups is 1. The van der Waals surface area contributed by atoms with Crippen LogP contribution in [0.4, 0.5) is 11.4 Å². The van der Waals surface area contributed by atoms with E-state index in [-0.39, 0.29) is 5.91 Å². The summed E-state index contributed by atoms with van der Waals surface area (Å²) in [6, 6.07) is 19.4. The molecule has 1 aromatic heterocycles. The zero-order valence-corrected chi connectivity index (χ0v) is 14.2. The molecule has 0 bridgehead atoms. The number of rotatable bonds is 6. The minimum atomic E-state index is -0.0857. The van der Waals surface area contributed by atoms with E-state index in [1.165, 1.54) is 0 Å². The van der Waals surface area contributed by atoms with Gasteiger partial charge in [-0.15, -0.1) is 0 Å². The van der Waals surface area contributed by atoms with Crippen molar-refractivity contribution in [2.45, 2.75) is 18.9 Å². The molecule has 1 saturated carbocycles. The van der Waals surface area contributed by atoms with E-state index in [1.54, 1.807) is 18.5 Å². The number of carbonyl (C=O) groups excluding carboxylic acids is 1. The summed E-state index contributed by atoms with van der Waals surface area (Å²) in [5.74, 6) is 1.38. The van der Waals surface area contributed by atoms with Crippen molar-refractivity contribution in [2.24, 2.45) is 0 Å². The van der Waals surface area contributed by atoms with Crippen molar-refractivity contribution in [1.82, 2.24) is 10.3 Å². The average Bonchev–Trinajstić information content (AvgIpc) is 3.48. The van der Waals surface area contributed by atoms with E-state index in [1.807, 2.05) is 54.6 Å². The first-order valence-corrected chi connectivity index (χ1v) is 8.63. The van der Waals surface area contributed by atoms with Crippen LogP contribution in [-0.2, 0) is 0 Å². The molecule has 4 rings (SSSR count). The topological polar surface area (TPSA) is 63.2 Å². The predicted octanol–water partition coefficient (Wildman–Crippen LogP) is 4.51. The summed E-state index contributed by atoms with van der Waals surface area (Å²) in [6.07, 6.45) is 5.38. The number of ether oxygens (including phenoxy) is 1. The summed E-state index contributed by atoms with van der Waals surface area (Å²) < 4.78 is 5.96. The highest BCUT2D eigenvalue weighted by atomic mass is 16.5. The zero-order chi connectivity index (χ0) is 17.8. The number of nitrogens with zero attached hydrogens (tertiary/aromatic N) is 1. The molecule has 1 aliphatic rings. The molecule has 3 aromatic rings. The molecule has 0 unspecified atom stereocenters. The van der Waals surface area contributed by atoms with E-state index in [0.717, 1.165) is 30.0 Å². The van der Waals surface area contributed by atoms with Crippen LogP contribution < -0.4 is 15.4 Å². The van der Waals surface area contributed by atoms with E-state index in [4.69, 9.17) is 4.74 Å². The van der Waals surface area contributed by atoms with Crippen LogP contribution in [0.3, 0.4) is 0 Å². The number of anilines is 2. The molecule has 0 aliphatic heterocycles. The molecule has 0 radical (unpaired) electrons. The van der Waals surface area contributed by atoms with Crippen molar-refractivity contribution < 1.29 is 9.53 Å². The third kappa shape index (κ3) is 4.00. The lowest BCUT2D eigenvalue weighted by molar-refractivity contribution is 0.0950. The Labute approximate surface area is 152 Å². The molecule has 5 nitrogen and oxygen atoms in total. The van der Waals surface area contributed by atoms with E-state index >= 15 is 0 Å². The lowest BCUT2D eigenvalue weighted by Crippen LogP contribution is -2.25. The third-order valence-corrected chi connectivity index (χ3v) is 4.05. The summed E-state index contributed by atoms with van der Waals surface area (Å²) >= 11 is 0. The van der Waals surface area contributed by atoms with Gasteiger partial charge in [0.2, 0.25) is 0 Å². The smallest absolute Gasteiger partial charge is 0.253 e. The van der Waals surface area contributed by atoms with Crippen molar-refractivity contribution in [3.63, 3.8) is 0 Å². The number of hydrogen-bond acceptors (Lipinski definition) is 4. The van der Waals surface area contributed by atoms with Crippen molar-refractivity contribution >= 4 is 17.3 Å². The largest absolute Gasteiger partial charge is 0.455 e. The highest BCUT2D eigenvalue weighted by molar-refractivity contribution is 5.95. The minimum absolute atomic E-state index is 0.0857. The molecule has 1 fully saturated rings.